The van der Waals surface area contributed by atoms with E-state index in [1.54, 1.807) is 0 Å². The molecule has 2 aromatic rings. The third-order valence-corrected chi connectivity index (χ3v) is 3.79. The predicted octanol–water partition coefficient (Wildman–Crippen LogP) is 4.76. The first-order valence-corrected chi connectivity index (χ1v) is 7.58. The molecule has 0 aliphatic rings. The summed E-state index contributed by atoms with van der Waals surface area (Å²) in [4.78, 5) is 12.7. The standard InChI is InChI=1S/C19H23NO/c1-4-17(14(2)3)20-18-13-9-8-12-16(18)19(21)15-10-6-5-7-11-15/h5-14,17,20H,4H2,1-3H3. The fourth-order valence-electron chi connectivity index (χ4n) is 2.49. The Morgan fingerprint density at radius 3 is 2.24 bits per heavy atom. The molecular formula is C19H23NO. The SMILES string of the molecule is CCC(Nc1ccccc1C(=O)c1ccccc1)C(C)C. The highest BCUT2D eigenvalue weighted by Gasteiger charge is 2.16. The Morgan fingerprint density at radius 1 is 1.00 bits per heavy atom. The molecule has 0 bridgehead atoms. The highest BCUT2D eigenvalue weighted by molar-refractivity contribution is 6.12. The van der Waals surface area contributed by atoms with Gasteiger partial charge in [-0.1, -0.05) is 63.2 Å². The third-order valence-electron chi connectivity index (χ3n) is 3.79. The zero-order chi connectivity index (χ0) is 15.2. The first-order chi connectivity index (χ1) is 10.1. The van der Waals surface area contributed by atoms with Crippen molar-refractivity contribution in [3.63, 3.8) is 0 Å². The second kappa shape index (κ2) is 7.07. The Balaban J connectivity index is 2.31. The Morgan fingerprint density at radius 2 is 1.62 bits per heavy atom. The summed E-state index contributed by atoms with van der Waals surface area (Å²) in [6.45, 7) is 6.56. The molecule has 0 amide bonds. The number of anilines is 1. The van der Waals surface area contributed by atoms with E-state index in [4.69, 9.17) is 0 Å². The largest absolute Gasteiger partial charge is 0.381 e. The second-order valence-corrected chi connectivity index (χ2v) is 5.64. The molecule has 0 aromatic heterocycles. The number of rotatable bonds is 6. The molecule has 21 heavy (non-hydrogen) atoms. The quantitative estimate of drug-likeness (QED) is 0.773. The molecule has 0 saturated heterocycles. The molecule has 0 heterocycles. The van der Waals surface area contributed by atoms with E-state index in [0.717, 1.165) is 23.2 Å². The smallest absolute Gasteiger partial charge is 0.195 e. The van der Waals surface area contributed by atoms with Crippen LogP contribution in [-0.2, 0) is 0 Å². The van der Waals surface area contributed by atoms with Gasteiger partial charge in [-0.25, -0.2) is 0 Å². The van der Waals surface area contributed by atoms with E-state index >= 15 is 0 Å². The van der Waals surface area contributed by atoms with E-state index in [2.05, 4.69) is 26.1 Å². The van der Waals surface area contributed by atoms with Crippen molar-refractivity contribution in [1.29, 1.82) is 0 Å². The van der Waals surface area contributed by atoms with Gasteiger partial charge >= 0.3 is 0 Å². The molecule has 0 spiro atoms. The van der Waals surface area contributed by atoms with Gasteiger partial charge in [0.15, 0.2) is 5.78 Å². The Kier molecular flexibility index (Phi) is 5.15. The van der Waals surface area contributed by atoms with Gasteiger partial charge in [-0.05, 0) is 24.5 Å². The van der Waals surface area contributed by atoms with Crippen LogP contribution in [0.3, 0.4) is 0 Å². The van der Waals surface area contributed by atoms with Crippen LogP contribution in [-0.4, -0.2) is 11.8 Å². The van der Waals surface area contributed by atoms with Crippen LogP contribution in [0.1, 0.15) is 43.1 Å². The summed E-state index contributed by atoms with van der Waals surface area (Å²) < 4.78 is 0. The van der Waals surface area contributed by atoms with Crippen LogP contribution in [0.4, 0.5) is 5.69 Å². The molecule has 2 nitrogen and oxygen atoms in total. The van der Waals surface area contributed by atoms with Crippen LogP contribution in [0.15, 0.2) is 54.6 Å². The average Bonchev–Trinajstić information content (AvgIpc) is 2.52. The van der Waals surface area contributed by atoms with E-state index < -0.39 is 0 Å². The minimum Gasteiger partial charge on any atom is -0.381 e. The molecule has 2 heteroatoms. The number of carbonyl (C=O) groups is 1. The molecule has 1 atom stereocenters. The van der Waals surface area contributed by atoms with Crippen molar-refractivity contribution in [3.05, 3.63) is 65.7 Å². The fraction of sp³-hybridized carbons (Fsp3) is 0.316. The maximum Gasteiger partial charge on any atom is 0.195 e. The number of hydrogen-bond acceptors (Lipinski definition) is 2. The first kappa shape index (κ1) is 15.3. The van der Waals surface area contributed by atoms with Crippen molar-refractivity contribution in [2.45, 2.75) is 33.2 Å². The summed E-state index contributed by atoms with van der Waals surface area (Å²) in [6.07, 6.45) is 1.03. The lowest BCUT2D eigenvalue weighted by Crippen LogP contribution is -2.25. The summed E-state index contributed by atoms with van der Waals surface area (Å²) in [6, 6.07) is 17.6. The number of para-hydroxylation sites is 1. The number of nitrogens with one attached hydrogen (secondary N) is 1. The zero-order valence-corrected chi connectivity index (χ0v) is 13.0. The van der Waals surface area contributed by atoms with Crippen LogP contribution in [0.5, 0.6) is 0 Å². The number of hydrogen-bond donors (Lipinski definition) is 1. The average molecular weight is 281 g/mol. The van der Waals surface area contributed by atoms with Gasteiger partial charge in [-0.2, -0.15) is 0 Å². The highest BCUT2D eigenvalue weighted by atomic mass is 16.1. The Labute approximate surface area is 127 Å². The summed E-state index contributed by atoms with van der Waals surface area (Å²) in [5.74, 6) is 0.590. The minimum absolute atomic E-state index is 0.0670. The van der Waals surface area contributed by atoms with E-state index in [9.17, 15) is 4.79 Å². The van der Waals surface area contributed by atoms with E-state index in [1.807, 2.05) is 54.6 Å². The summed E-state index contributed by atoms with van der Waals surface area (Å²) in [5, 5.41) is 3.53. The lowest BCUT2D eigenvalue weighted by Gasteiger charge is -2.23. The van der Waals surface area contributed by atoms with Gasteiger partial charge < -0.3 is 5.32 Å². The van der Waals surface area contributed by atoms with Crippen molar-refractivity contribution in [2.24, 2.45) is 5.92 Å². The van der Waals surface area contributed by atoms with Crippen LogP contribution < -0.4 is 5.32 Å². The molecular weight excluding hydrogens is 258 g/mol. The topological polar surface area (TPSA) is 29.1 Å². The summed E-state index contributed by atoms with van der Waals surface area (Å²) in [5.41, 5.74) is 2.39. The van der Waals surface area contributed by atoms with E-state index in [0.29, 0.717) is 12.0 Å². The zero-order valence-electron chi connectivity index (χ0n) is 13.0. The molecule has 2 aromatic carbocycles. The van der Waals surface area contributed by atoms with Gasteiger partial charge in [0.1, 0.15) is 0 Å². The van der Waals surface area contributed by atoms with Crippen molar-refractivity contribution in [3.8, 4) is 0 Å². The van der Waals surface area contributed by atoms with Crippen LogP contribution in [0.25, 0.3) is 0 Å². The first-order valence-electron chi connectivity index (χ1n) is 7.58. The fourth-order valence-corrected chi connectivity index (χ4v) is 2.49. The molecule has 0 fully saturated rings. The van der Waals surface area contributed by atoms with Crippen molar-refractivity contribution in [1.82, 2.24) is 0 Å². The molecule has 0 saturated carbocycles. The van der Waals surface area contributed by atoms with Gasteiger partial charge in [-0.15, -0.1) is 0 Å². The normalized spacial score (nSPS) is 12.2. The Hall–Kier alpha value is -2.09. The Bertz CT molecular complexity index is 590. The summed E-state index contributed by atoms with van der Waals surface area (Å²) in [7, 11) is 0. The lowest BCUT2D eigenvalue weighted by molar-refractivity contribution is 0.103. The summed E-state index contributed by atoms with van der Waals surface area (Å²) >= 11 is 0. The second-order valence-electron chi connectivity index (χ2n) is 5.64. The van der Waals surface area contributed by atoms with E-state index in [-0.39, 0.29) is 5.78 Å². The molecule has 2 rings (SSSR count). The van der Waals surface area contributed by atoms with Gasteiger partial charge in [0.25, 0.3) is 0 Å². The maximum absolute atomic E-state index is 12.7. The van der Waals surface area contributed by atoms with Crippen LogP contribution >= 0.6 is 0 Å². The number of ketones is 1. The van der Waals surface area contributed by atoms with Gasteiger partial charge in [0.2, 0.25) is 0 Å². The van der Waals surface area contributed by atoms with Crippen LogP contribution in [0, 0.1) is 5.92 Å². The molecule has 110 valence electrons. The molecule has 0 aliphatic carbocycles. The maximum atomic E-state index is 12.7. The van der Waals surface area contributed by atoms with Gasteiger partial charge in [0.05, 0.1) is 0 Å². The number of carbonyl (C=O) groups excluding carboxylic acids is 1. The van der Waals surface area contributed by atoms with Crippen molar-refractivity contribution >= 4 is 11.5 Å². The van der Waals surface area contributed by atoms with Crippen molar-refractivity contribution in [2.75, 3.05) is 5.32 Å². The molecule has 0 aliphatic heterocycles. The molecule has 1 N–H and O–H groups in total. The van der Waals surface area contributed by atoms with Gasteiger partial charge in [0, 0.05) is 22.9 Å². The highest BCUT2D eigenvalue weighted by Crippen LogP contribution is 2.22. The van der Waals surface area contributed by atoms with Crippen LogP contribution in [0.2, 0.25) is 0 Å². The van der Waals surface area contributed by atoms with E-state index in [1.165, 1.54) is 0 Å². The number of benzene rings is 2. The third kappa shape index (κ3) is 3.72. The lowest BCUT2D eigenvalue weighted by atomic mass is 9.98. The predicted molar refractivity (Wildman–Crippen MR) is 88.9 cm³/mol. The minimum atomic E-state index is 0.0670. The monoisotopic (exact) mass is 281 g/mol. The molecule has 1 unspecified atom stereocenters. The van der Waals surface area contributed by atoms with Gasteiger partial charge in [-0.3, -0.25) is 4.79 Å². The van der Waals surface area contributed by atoms with Crippen molar-refractivity contribution < 1.29 is 4.79 Å². The molecule has 0 radical (unpaired) electrons.